The maximum Gasteiger partial charge on any atom is 0.335 e. The van der Waals surface area contributed by atoms with Crippen LogP contribution >= 0.6 is 23.4 Å². The van der Waals surface area contributed by atoms with Gasteiger partial charge in [-0.2, -0.15) is 0 Å². The van der Waals surface area contributed by atoms with Crippen LogP contribution < -0.4 is 14.8 Å². The van der Waals surface area contributed by atoms with Crippen molar-refractivity contribution in [3.05, 3.63) is 92.8 Å². The van der Waals surface area contributed by atoms with Crippen LogP contribution in [-0.4, -0.2) is 28.8 Å². The minimum absolute atomic E-state index is 0.218. The summed E-state index contributed by atoms with van der Waals surface area (Å²) in [6.07, 6.45) is 1.77. The number of carboxylic acids is 1. The zero-order chi connectivity index (χ0) is 25.7. The minimum Gasteiger partial charge on any atom is -0.490 e. The molecule has 0 aromatic heterocycles. The summed E-state index contributed by atoms with van der Waals surface area (Å²) in [6.45, 7) is 4.44. The van der Waals surface area contributed by atoms with Gasteiger partial charge in [0.1, 0.15) is 6.61 Å². The molecule has 0 atom stereocenters. The molecule has 0 radical (unpaired) electrons. The van der Waals surface area contributed by atoms with Gasteiger partial charge < -0.3 is 19.9 Å². The zero-order valence-electron chi connectivity index (χ0n) is 19.6. The smallest absolute Gasteiger partial charge is 0.335 e. The quantitative estimate of drug-likeness (QED) is 0.341. The molecule has 1 aliphatic heterocycles. The van der Waals surface area contributed by atoms with Crippen LogP contribution in [0.15, 0.2) is 70.6 Å². The Morgan fingerprint density at radius 3 is 2.61 bits per heavy atom. The second-order valence-corrected chi connectivity index (χ2v) is 9.23. The third-order valence-corrected chi connectivity index (χ3v) is 6.59. The van der Waals surface area contributed by atoms with Gasteiger partial charge in [0.05, 0.1) is 22.8 Å². The Hall–Kier alpha value is -3.75. The number of hydrogen-bond acceptors (Lipinski definition) is 6. The van der Waals surface area contributed by atoms with Gasteiger partial charge in [0.25, 0.3) is 5.91 Å². The van der Waals surface area contributed by atoms with Crippen LogP contribution in [0.2, 0.25) is 5.02 Å². The molecule has 7 nitrogen and oxygen atoms in total. The second kappa shape index (κ2) is 11.3. The number of aliphatic imine (C=N–C) groups is 1. The summed E-state index contributed by atoms with van der Waals surface area (Å²) < 4.78 is 11.7. The van der Waals surface area contributed by atoms with Gasteiger partial charge in [-0.3, -0.25) is 4.79 Å². The van der Waals surface area contributed by atoms with Gasteiger partial charge in [-0.15, -0.1) is 0 Å². The van der Waals surface area contributed by atoms with E-state index in [9.17, 15) is 9.59 Å². The van der Waals surface area contributed by atoms with Crippen molar-refractivity contribution in [2.24, 2.45) is 4.99 Å². The summed E-state index contributed by atoms with van der Waals surface area (Å²) >= 11 is 7.42. The Bertz CT molecular complexity index is 1370. The fourth-order valence-corrected chi connectivity index (χ4v) is 4.37. The predicted molar refractivity (Wildman–Crippen MR) is 142 cm³/mol. The Kier molecular flexibility index (Phi) is 7.97. The molecular weight excluding hydrogens is 500 g/mol. The molecule has 1 saturated heterocycles. The topological polar surface area (TPSA) is 97.2 Å². The number of amidine groups is 1. The van der Waals surface area contributed by atoms with Crippen molar-refractivity contribution < 1.29 is 24.2 Å². The van der Waals surface area contributed by atoms with Crippen LogP contribution in [0.4, 0.5) is 5.69 Å². The normalized spacial score (nSPS) is 15.2. The molecule has 0 unspecified atom stereocenters. The van der Waals surface area contributed by atoms with E-state index in [2.05, 4.69) is 10.3 Å². The van der Waals surface area contributed by atoms with Crippen LogP contribution in [0.5, 0.6) is 11.5 Å². The monoisotopic (exact) mass is 522 g/mol. The predicted octanol–water partition coefficient (Wildman–Crippen LogP) is 6.22. The van der Waals surface area contributed by atoms with Crippen molar-refractivity contribution in [1.82, 2.24) is 5.32 Å². The first-order chi connectivity index (χ1) is 17.3. The van der Waals surface area contributed by atoms with Gasteiger partial charge in [-0.25, -0.2) is 9.79 Å². The lowest BCUT2D eigenvalue weighted by Crippen LogP contribution is -2.19. The third-order valence-electron chi connectivity index (χ3n) is 5.27. The summed E-state index contributed by atoms with van der Waals surface area (Å²) in [6, 6.07) is 17.4. The number of rotatable bonds is 8. The molecule has 0 aliphatic carbocycles. The average molecular weight is 523 g/mol. The number of carboxylic acid groups (broad SMARTS) is 1. The highest BCUT2D eigenvalue weighted by Crippen LogP contribution is 2.34. The highest BCUT2D eigenvalue weighted by Gasteiger charge is 2.24. The molecule has 9 heteroatoms. The van der Waals surface area contributed by atoms with E-state index in [-0.39, 0.29) is 18.1 Å². The largest absolute Gasteiger partial charge is 0.490 e. The van der Waals surface area contributed by atoms with Crippen molar-refractivity contribution in [2.75, 3.05) is 6.61 Å². The molecule has 3 aromatic rings. The molecule has 1 fully saturated rings. The maximum atomic E-state index is 12.5. The number of aromatic carboxylic acids is 1. The van der Waals surface area contributed by atoms with Crippen molar-refractivity contribution in [2.45, 2.75) is 20.5 Å². The lowest BCUT2D eigenvalue weighted by Gasteiger charge is -2.13. The maximum absolute atomic E-state index is 12.5. The summed E-state index contributed by atoms with van der Waals surface area (Å²) in [5, 5.41) is 12.9. The van der Waals surface area contributed by atoms with E-state index in [1.807, 2.05) is 38.1 Å². The van der Waals surface area contributed by atoms with E-state index >= 15 is 0 Å². The van der Waals surface area contributed by atoms with E-state index in [4.69, 9.17) is 26.2 Å². The fraction of sp³-hybridized carbons (Fsp3) is 0.148. The number of carbonyl (C=O) groups excluding carboxylic acids is 1. The number of carbonyl (C=O) groups is 2. The average Bonchev–Trinajstić information content (AvgIpc) is 3.20. The summed E-state index contributed by atoms with van der Waals surface area (Å²) in [5.41, 5.74) is 3.36. The van der Waals surface area contributed by atoms with Gasteiger partial charge >= 0.3 is 5.97 Å². The Morgan fingerprint density at radius 1 is 1.11 bits per heavy atom. The van der Waals surface area contributed by atoms with Gasteiger partial charge in [-0.05, 0) is 84.8 Å². The summed E-state index contributed by atoms with van der Waals surface area (Å²) in [5.74, 6) is -0.121. The molecule has 4 rings (SSSR count). The molecule has 184 valence electrons. The van der Waals surface area contributed by atoms with Gasteiger partial charge in [0, 0.05) is 5.02 Å². The number of thioether (sulfide) groups is 1. The molecule has 0 saturated carbocycles. The van der Waals surface area contributed by atoms with E-state index in [1.165, 1.54) is 23.9 Å². The SMILES string of the molecule is CCOc1cc(/C=C2/SC(=Nc3cccc(Cl)c3C)NC2=O)ccc1OCc1ccc(C(=O)O)cc1. The lowest BCUT2D eigenvalue weighted by atomic mass is 10.1. The molecule has 0 bridgehead atoms. The van der Waals surface area contributed by atoms with Crippen molar-refractivity contribution in [3.8, 4) is 11.5 Å². The molecule has 36 heavy (non-hydrogen) atoms. The number of nitrogens with one attached hydrogen (secondary N) is 1. The highest BCUT2D eigenvalue weighted by molar-refractivity contribution is 8.18. The first-order valence-electron chi connectivity index (χ1n) is 11.1. The van der Waals surface area contributed by atoms with E-state index in [0.29, 0.717) is 38.9 Å². The van der Waals surface area contributed by atoms with Crippen LogP contribution in [0.1, 0.15) is 34.0 Å². The Morgan fingerprint density at radius 2 is 1.89 bits per heavy atom. The summed E-state index contributed by atoms with van der Waals surface area (Å²) in [4.78, 5) is 28.6. The lowest BCUT2D eigenvalue weighted by molar-refractivity contribution is -0.115. The Labute approximate surface area is 217 Å². The molecule has 1 aliphatic rings. The second-order valence-electron chi connectivity index (χ2n) is 7.80. The van der Waals surface area contributed by atoms with Crippen molar-refractivity contribution in [3.63, 3.8) is 0 Å². The number of ether oxygens (including phenoxy) is 2. The van der Waals surface area contributed by atoms with Gasteiger partial charge in [0.2, 0.25) is 0 Å². The Balaban J connectivity index is 1.50. The molecule has 0 spiro atoms. The van der Waals surface area contributed by atoms with Crippen molar-refractivity contribution >= 4 is 52.2 Å². The van der Waals surface area contributed by atoms with Crippen LogP contribution in [0.3, 0.4) is 0 Å². The molecule has 1 amide bonds. The molecule has 2 N–H and O–H groups in total. The zero-order valence-corrected chi connectivity index (χ0v) is 21.2. The molecule has 1 heterocycles. The standard InChI is InChI=1S/C27H23ClN2O5S/c1-3-34-23-13-18(9-12-22(23)35-15-17-7-10-19(11-8-17)26(32)33)14-24-25(31)30-27(36-24)29-21-6-4-5-20(28)16(21)2/h4-14H,3,15H2,1-2H3,(H,32,33)(H,29,30,31)/b24-14+. The number of amides is 1. The van der Waals surface area contributed by atoms with Crippen LogP contribution in [0.25, 0.3) is 6.08 Å². The van der Waals surface area contributed by atoms with Crippen LogP contribution in [0, 0.1) is 6.92 Å². The molecular formula is C27H23ClN2O5S. The van der Waals surface area contributed by atoms with E-state index in [0.717, 1.165) is 16.7 Å². The number of hydrogen-bond donors (Lipinski definition) is 2. The van der Waals surface area contributed by atoms with Crippen LogP contribution in [-0.2, 0) is 11.4 Å². The number of nitrogens with zero attached hydrogens (tertiary/aromatic N) is 1. The van der Waals surface area contributed by atoms with Crippen molar-refractivity contribution in [1.29, 1.82) is 0 Å². The minimum atomic E-state index is -0.974. The summed E-state index contributed by atoms with van der Waals surface area (Å²) in [7, 11) is 0. The first kappa shape index (κ1) is 25.3. The highest BCUT2D eigenvalue weighted by atomic mass is 35.5. The van der Waals surface area contributed by atoms with E-state index in [1.54, 1.807) is 30.3 Å². The number of halogens is 1. The van der Waals surface area contributed by atoms with Gasteiger partial charge in [-0.1, -0.05) is 35.9 Å². The molecule has 3 aromatic carbocycles. The third kappa shape index (κ3) is 6.08. The number of benzene rings is 3. The fourth-order valence-electron chi connectivity index (χ4n) is 3.37. The van der Waals surface area contributed by atoms with E-state index < -0.39 is 5.97 Å². The first-order valence-corrected chi connectivity index (χ1v) is 12.3. The van der Waals surface area contributed by atoms with Gasteiger partial charge in [0.15, 0.2) is 16.7 Å².